The number of rotatable bonds is 5. The quantitative estimate of drug-likeness (QED) is 0.713. The number of unbranched alkanes of at least 4 members (excludes halogenated alkanes) is 1. The monoisotopic (exact) mass is 220 g/mol. The number of aryl methyl sites for hydroxylation is 1. The zero-order valence-corrected chi connectivity index (χ0v) is 9.83. The molecule has 2 nitrogen and oxygen atoms in total. The van der Waals surface area contributed by atoms with Crippen LogP contribution in [0.2, 0.25) is 0 Å². The first-order valence-corrected chi connectivity index (χ1v) is 5.44. The number of hydrogen-bond acceptors (Lipinski definition) is 2. The Morgan fingerprint density at radius 3 is 2.81 bits per heavy atom. The molecule has 0 aliphatic heterocycles. The van der Waals surface area contributed by atoms with E-state index in [0.717, 1.165) is 25.1 Å². The third-order valence-corrected chi connectivity index (χ3v) is 2.50. The predicted molar refractivity (Wildman–Crippen MR) is 62.3 cm³/mol. The number of nitrogens with zero attached hydrogens (tertiary/aromatic N) is 2. The van der Waals surface area contributed by atoms with E-state index in [-0.39, 0.29) is 5.82 Å². The summed E-state index contributed by atoms with van der Waals surface area (Å²) in [5.41, 5.74) is 1.79. The van der Waals surface area contributed by atoms with E-state index in [2.05, 4.69) is 11.0 Å². The van der Waals surface area contributed by atoms with Crippen molar-refractivity contribution >= 4 is 0 Å². The van der Waals surface area contributed by atoms with Gasteiger partial charge in [0.25, 0.3) is 0 Å². The first-order chi connectivity index (χ1) is 7.63. The van der Waals surface area contributed by atoms with Crippen molar-refractivity contribution in [2.24, 2.45) is 0 Å². The van der Waals surface area contributed by atoms with Crippen LogP contribution < -0.4 is 0 Å². The molecule has 0 amide bonds. The molecule has 0 aliphatic carbocycles. The van der Waals surface area contributed by atoms with Crippen molar-refractivity contribution in [1.82, 2.24) is 4.90 Å². The van der Waals surface area contributed by atoms with Crippen molar-refractivity contribution in [3.05, 3.63) is 35.1 Å². The van der Waals surface area contributed by atoms with E-state index in [1.807, 2.05) is 19.2 Å². The maximum Gasteiger partial charge on any atom is 0.126 e. The average molecular weight is 220 g/mol. The van der Waals surface area contributed by atoms with Gasteiger partial charge >= 0.3 is 0 Å². The van der Waals surface area contributed by atoms with Gasteiger partial charge in [-0.2, -0.15) is 5.26 Å². The highest BCUT2D eigenvalue weighted by Gasteiger charge is 2.02. The van der Waals surface area contributed by atoms with Gasteiger partial charge in [-0.3, -0.25) is 0 Å². The standard InChI is InChI=1S/C13H17FN2/c1-11-9-12(5-6-13(11)14)10-16(2)8-4-3-7-15/h5-6,9H,3-4,8,10H2,1-2H3. The molecule has 0 atom stereocenters. The number of nitriles is 1. The highest BCUT2D eigenvalue weighted by Crippen LogP contribution is 2.11. The largest absolute Gasteiger partial charge is 0.302 e. The first kappa shape index (κ1) is 12.7. The smallest absolute Gasteiger partial charge is 0.126 e. The van der Waals surface area contributed by atoms with Crippen LogP contribution in [0.5, 0.6) is 0 Å². The van der Waals surface area contributed by atoms with E-state index in [9.17, 15) is 4.39 Å². The molecule has 0 spiro atoms. The van der Waals surface area contributed by atoms with Crippen LogP contribution in [-0.2, 0) is 6.54 Å². The molecule has 0 unspecified atom stereocenters. The van der Waals surface area contributed by atoms with Crippen LogP contribution in [0.1, 0.15) is 24.0 Å². The molecular formula is C13H17FN2. The Morgan fingerprint density at radius 2 is 2.19 bits per heavy atom. The fraction of sp³-hybridized carbons (Fsp3) is 0.462. The zero-order chi connectivity index (χ0) is 12.0. The number of benzene rings is 1. The molecule has 0 saturated heterocycles. The topological polar surface area (TPSA) is 27.0 Å². The van der Waals surface area contributed by atoms with Crippen LogP contribution in [0.3, 0.4) is 0 Å². The van der Waals surface area contributed by atoms with E-state index < -0.39 is 0 Å². The van der Waals surface area contributed by atoms with Gasteiger partial charge in [0.2, 0.25) is 0 Å². The Kier molecular flexibility index (Phi) is 4.94. The molecule has 0 fully saturated rings. The van der Waals surface area contributed by atoms with E-state index in [1.165, 1.54) is 6.07 Å². The lowest BCUT2D eigenvalue weighted by Crippen LogP contribution is -2.19. The Morgan fingerprint density at radius 1 is 1.44 bits per heavy atom. The van der Waals surface area contributed by atoms with E-state index >= 15 is 0 Å². The Balaban J connectivity index is 2.47. The lowest BCUT2D eigenvalue weighted by atomic mass is 10.1. The van der Waals surface area contributed by atoms with Crippen molar-refractivity contribution < 1.29 is 4.39 Å². The van der Waals surface area contributed by atoms with Gasteiger partial charge in [0.05, 0.1) is 6.07 Å². The van der Waals surface area contributed by atoms with Crippen LogP contribution >= 0.6 is 0 Å². The van der Waals surface area contributed by atoms with E-state index in [1.54, 1.807) is 6.92 Å². The van der Waals surface area contributed by atoms with Gasteiger partial charge in [-0.25, -0.2) is 4.39 Å². The van der Waals surface area contributed by atoms with Crippen molar-refractivity contribution in [1.29, 1.82) is 5.26 Å². The zero-order valence-electron chi connectivity index (χ0n) is 9.83. The second-order valence-electron chi connectivity index (χ2n) is 4.08. The molecule has 0 heterocycles. The molecule has 0 aromatic heterocycles. The van der Waals surface area contributed by atoms with E-state index in [4.69, 9.17) is 5.26 Å². The maximum absolute atomic E-state index is 13.0. The van der Waals surface area contributed by atoms with Crippen molar-refractivity contribution in [3.8, 4) is 6.07 Å². The second-order valence-corrected chi connectivity index (χ2v) is 4.08. The summed E-state index contributed by atoms with van der Waals surface area (Å²) >= 11 is 0. The summed E-state index contributed by atoms with van der Waals surface area (Å²) in [5, 5.41) is 8.43. The molecule has 1 aromatic rings. The molecule has 0 aliphatic rings. The fourth-order valence-electron chi connectivity index (χ4n) is 1.62. The summed E-state index contributed by atoms with van der Waals surface area (Å²) in [6, 6.07) is 7.31. The molecule has 86 valence electrons. The van der Waals surface area contributed by atoms with E-state index in [0.29, 0.717) is 12.0 Å². The molecule has 1 rings (SSSR count). The van der Waals surface area contributed by atoms with Crippen LogP contribution in [0.4, 0.5) is 4.39 Å². The molecule has 0 bridgehead atoms. The van der Waals surface area contributed by atoms with Gasteiger partial charge in [0.15, 0.2) is 0 Å². The van der Waals surface area contributed by atoms with Crippen molar-refractivity contribution in [2.45, 2.75) is 26.3 Å². The van der Waals surface area contributed by atoms with Gasteiger partial charge in [0.1, 0.15) is 5.82 Å². The Hall–Kier alpha value is -1.40. The molecular weight excluding hydrogens is 203 g/mol. The highest BCUT2D eigenvalue weighted by molar-refractivity contribution is 5.23. The third-order valence-electron chi connectivity index (χ3n) is 2.50. The molecule has 0 saturated carbocycles. The number of halogens is 1. The highest BCUT2D eigenvalue weighted by atomic mass is 19.1. The van der Waals surface area contributed by atoms with Crippen LogP contribution in [0.25, 0.3) is 0 Å². The summed E-state index contributed by atoms with van der Waals surface area (Å²) in [4.78, 5) is 2.14. The summed E-state index contributed by atoms with van der Waals surface area (Å²) in [7, 11) is 2.01. The SMILES string of the molecule is Cc1cc(CN(C)CCCC#N)ccc1F. The Bertz CT molecular complexity index is 382. The normalized spacial score (nSPS) is 10.4. The Labute approximate surface area is 96.3 Å². The fourth-order valence-corrected chi connectivity index (χ4v) is 1.62. The van der Waals surface area contributed by atoms with Crippen molar-refractivity contribution in [2.75, 3.05) is 13.6 Å². The summed E-state index contributed by atoms with van der Waals surface area (Å²) in [5.74, 6) is -0.157. The first-order valence-electron chi connectivity index (χ1n) is 5.44. The number of hydrogen-bond donors (Lipinski definition) is 0. The van der Waals surface area contributed by atoms with Crippen LogP contribution in [0, 0.1) is 24.1 Å². The summed E-state index contributed by atoms with van der Waals surface area (Å²) in [6.45, 7) is 3.46. The lowest BCUT2D eigenvalue weighted by molar-refractivity contribution is 0.323. The van der Waals surface area contributed by atoms with Gasteiger partial charge < -0.3 is 4.90 Å². The predicted octanol–water partition coefficient (Wildman–Crippen LogP) is 2.87. The minimum Gasteiger partial charge on any atom is -0.302 e. The minimum absolute atomic E-state index is 0.157. The summed E-state index contributed by atoms with van der Waals surface area (Å²) < 4.78 is 13.0. The van der Waals surface area contributed by atoms with Gasteiger partial charge in [-0.1, -0.05) is 12.1 Å². The molecule has 3 heteroatoms. The molecule has 0 N–H and O–H groups in total. The van der Waals surface area contributed by atoms with Crippen molar-refractivity contribution in [3.63, 3.8) is 0 Å². The lowest BCUT2D eigenvalue weighted by Gasteiger charge is -2.16. The van der Waals surface area contributed by atoms with Crippen LogP contribution in [-0.4, -0.2) is 18.5 Å². The molecule has 16 heavy (non-hydrogen) atoms. The minimum atomic E-state index is -0.157. The molecule has 0 radical (unpaired) electrons. The second kappa shape index (κ2) is 6.24. The van der Waals surface area contributed by atoms with Crippen LogP contribution in [0.15, 0.2) is 18.2 Å². The maximum atomic E-state index is 13.0. The molecule has 1 aromatic carbocycles. The average Bonchev–Trinajstić information content (AvgIpc) is 2.24. The van der Waals surface area contributed by atoms with Gasteiger partial charge in [0, 0.05) is 13.0 Å². The van der Waals surface area contributed by atoms with Gasteiger partial charge in [-0.05, 0) is 44.1 Å². The summed E-state index contributed by atoms with van der Waals surface area (Å²) in [6.07, 6.45) is 1.47. The third kappa shape index (κ3) is 4.00. The van der Waals surface area contributed by atoms with Gasteiger partial charge in [-0.15, -0.1) is 0 Å².